The topological polar surface area (TPSA) is 51.8 Å². The predicted octanol–water partition coefficient (Wildman–Crippen LogP) is 4.61. The first kappa shape index (κ1) is 13.0. The molecule has 0 amide bonds. The molecule has 0 radical (unpaired) electrons. The molecule has 5 heteroatoms. The van der Waals surface area contributed by atoms with Gasteiger partial charge in [-0.3, -0.25) is 9.97 Å². The fraction of sp³-hybridized carbons (Fsp3) is 0. The van der Waals surface area contributed by atoms with E-state index in [1.165, 1.54) is 0 Å². The molecule has 0 N–H and O–H groups in total. The summed E-state index contributed by atoms with van der Waals surface area (Å²) in [6, 6.07) is 13.3. The smallest absolute Gasteiger partial charge is 0.175 e. The van der Waals surface area contributed by atoms with Crippen LogP contribution in [-0.4, -0.2) is 15.1 Å². The molecule has 0 aliphatic rings. The van der Waals surface area contributed by atoms with E-state index in [2.05, 4.69) is 15.1 Å². The summed E-state index contributed by atoms with van der Waals surface area (Å²) in [5.41, 5.74) is 3.86. The fourth-order valence-corrected chi connectivity index (χ4v) is 2.64. The number of rotatable bonds is 2. The van der Waals surface area contributed by atoms with Crippen LogP contribution >= 0.6 is 11.6 Å². The van der Waals surface area contributed by atoms with Crippen molar-refractivity contribution in [1.29, 1.82) is 0 Å². The molecule has 3 heterocycles. The second kappa shape index (κ2) is 5.24. The standard InChI is InChI=1S/C17H10ClN3O/c18-14-7-9-19-10-13(14)11-4-3-5-12-16(21-22-17(11)12)15-6-1-2-8-20-15/h1-10H. The summed E-state index contributed by atoms with van der Waals surface area (Å²) >= 11 is 6.27. The zero-order chi connectivity index (χ0) is 14.9. The van der Waals surface area contributed by atoms with Gasteiger partial charge in [0.25, 0.3) is 0 Å². The van der Waals surface area contributed by atoms with Gasteiger partial charge in [-0.25, -0.2) is 0 Å². The van der Waals surface area contributed by atoms with Crippen LogP contribution in [0.15, 0.2) is 65.6 Å². The van der Waals surface area contributed by atoms with Crippen molar-refractivity contribution < 1.29 is 4.52 Å². The maximum atomic E-state index is 6.27. The van der Waals surface area contributed by atoms with E-state index >= 15 is 0 Å². The molecule has 106 valence electrons. The van der Waals surface area contributed by atoms with E-state index in [0.29, 0.717) is 10.6 Å². The van der Waals surface area contributed by atoms with E-state index in [4.69, 9.17) is 16.1 Å². The van der Waals surface area contributed by atoms with E-state index in [1.807, 2.05) is 36.4 Å². The van der Waals surface area contributed by atoms with Crippen LogP contribution < -0.4 is 0 Å². The van der Waals surface area contributed by atoms with Gasteiger partial charge in [0.15, 0.2) is 5.58 Å². The lowest BCUT2D eigenvalue weighted by atomic mass is 10.0. The maximum absolute atomic E-state index is 6.27. The summed E-state index contributed by atoms with van der Waals surface area (Å²) in [4.78, 5) is 8.47. The quantitative estimate of drug-likeness (QED) is 0.543. The lowest BCUT2D eigenvalue weighted by molar-refractivity contribution is 0.460. The van der Waals surface area contributed by atoms with Crippen molar-refractivity contribution in [3.63, 3.8) is 0 Å². The molecule has 0 atom stereocenters. The molecule has 3 aromatic heterocycles. The molecule has 0 aliphatic heterocycles. The maximum Gasteiger partial charge on any atom is 0.175 e. The monoisotopic (exact) mass is 307 g/mol. The Balaban J connectivity index is 1.97. The van der Waals surface area contributed by atoms with Crippen LogP contribution in [0.3, 0.4) is 0 Å². The van der Waals surface area contributed by atoms with Gasteiger partial charge in [0.05, 0.1) is 16.1 Å². The minimum Gasteiger partial charge on any atom is -0.355 e. The number of halogens is 1. The van der Waals surface area contributed by atoms with Crippen LogP contribution in [0.1, 0.15) is 0 Å². The first-order chi connectivity index (χ1) is 10.8. The summed E-state index contributed by atoms with van der Waals surface area (Å²) < 4.78 is 5.57. The highest BCUT2D eigenvalue weighted by molar-refractivity contribution is 6.33. The molecule has 4 rings (SSSR count). The molecule has 0 fully saturated rings. The molecular weight excluding hydrogens is 298 g/mol. The van der Waals surface area contributed by atoms with Crippen LogP contribution in [0.25, 0.3) is 33.5 Å². The normalized spacial score (nSPS) is 11.0. The average molecular weight is 308 g/mol. The van der Waals surface area contributed by atoms with Crippen LogP contribution in [0.2, 0.25) is 5.02 Å². The average Bonchev–Trinajstić information content (AvgIpc) is 3.00. The van der Waals surface area contributed by atoms with Crippen LogP contribution in [0, 0.1) is 0 Å². The summed E-state index contributed by atoms with van der Waals surface area (Å²) in [5.74, 6) is 0. The first-order valence-corrected chi connectivity index (χ1v) is 7.12. The number of hydrogen-bond acceptors (Lipinski definition) is 4. The van der Waals surface area contributed by atoms with Crippen molar-refractivity contribution in [3.05, 3.63) is 66.1 Å². The minimum atomic E-state index is 0.623. The highest BCUT2D eigenvalue weighted by atomic mass is 35.5. The van der Waals surface area contributed by atoms with Gasteiger partial charge in [0, 0.05) is 29.7 Å². The zero-order valence-electron chi connectivity index (χ0n) is 11.4. The van der Waals surface area contributed by atoms with E-state index in [0.717, 1.165) is 27.9 Å². The Hall–Kier alpha value is -2.72. The molecule has 4 aromatic rings. The van der Waals surface area contributed by atoms with E-state index in [9.17, 15) is 0 Å². The summed E-state index contributed by atoms with van der Waals surface area (Å²) in [7, 11) is 0. The second-order valence-electron chi connectivity index (χ2n) is 4.78. The summed E-state index contributed by atoms with van der Waals surface area (Å²) in [6.07, 6.45) is 5.11. The third kappa shape index (κ3) is 2.05. The number of fused-ring (bicyclic) bond motifs is 1. The Morgan fingerprint density at radius 1 is 0.909 bits per heavy atom. The Morgan fingerprint density at radius 2 is 1.86 bits per heavy atom. The van der Waals surface area contributed by atoms with E-state index < -0.39 is 0 Å². The Morgan fingerprint density at radius 3 is 2.68 bits per heavy atom. The van der Waals surface area contributed by atoms with Gasteiger partial charge < -0.3 is 4.52 Å². The first-order valence-electron chi connectivity index (χ1n) is 6.74. The molecule has 0 saturated carbocycles. The third-order valence-corrected chi connectivity index (χ3v) is 3.79. The molecule has 0 bridgehead atoms. The van der Waals surface area contributed by atoms with E-state index in [1.54, 1.807) is 24.7 Å². The summed E-state index contributed by atoms with van der Waals surface area (Å²) in [6.45, 7) is 0. The number of pyridine rings is 2. The van der Waals surface area contributed by atoms with E-state index in [-0.39, 0.29) is 0 Å². The van der Waals surface area contributed by atoms with Crippen molar-refractivity contribution in [3.8, 4) is 22.5 Å². The molecule has 4 nitrogen and oxygen atoms in total. The number of nitrogens with zero attached hydrogens (tertiary/aromatic N) is 3. The number of aromatic nitrogens is 3. The lowest BCUT2D eigenvalue weighted by Gasteiger charge is -2.03. The van der Waals surface area contributed by atoms with Crippen LogP contribution in [0.4, 0.5) is 0 Å². The molecule has 1 aromatic carbocycles. The highest BCUT2D eigenvalue weighted by Gasteiger charge is 2.16. The van der Waals surface area contributed by atoms with Gasteiger partial charge in [0.2, 0.25) is 0 Å². The second-order valence-corrected chi connectivity index (χ2v) is 5.19. The Kier molecular flexibility index (Phi) is 3.09. The van der Waals surface area contributed by atoms with Crippen molar-refractivity contribution in [2.75, 3.05) is 0 Å². The Labute approximate surface area is 131 Å². The van der Waals surface area contributed by atoms with Crippen molar-refractivity contribution in [1.82, 2.24) is 15.1 Å². The summed E-state index contributed by atoms with van der Waals surface area (Å²) in [5, 5.41) is 5.70. The Bertz CT molecular complexity index is 950. The number of para-hydroxylation sites is 1. The molecule has 22 heavy (non-hydrogen) atoms. The number of benzene rings is 1. The minimum absolute atomic E-state index is 0.623. The largest absolute Gasteiger partial charge is 0.355 e. The molecule has 0 spiro atoms. The van der Waals surface area contributed by atoms with Crippen molar-refractivity contribution in [2.24, 2.45) is 0 Å². The molecule has 0 saturated heterocycles. The van der Waals surface area contributed by atoms with Crippen LogP contribution in [0.5, 0.6) is 0 Å². The highest BCUT2D eigenvalue weighted by Crippen LogP contribution is 2.36. The van der Waals surface area contributed by atoms with Gasteiger partial charge in [-0.1, -0.05) is 35.0 Å². The molecule has 0 unspecified atom stereocenters. The van der Waals surface area contributed by atoms with Crippen molar-refractivity contribution in [2.45, 2.75) is 0 Å². The lowest BCUT2D eigenvalue weighted by Crippen LogP contribution is -1.84. The molecule has 0 aliphatic carbocycles. The predicted molar refractivity (Wildman–Crippen MR) is 85.5 cm³/mol. The van der Waals surface area contributed by atoms with Crippen molar-refractivity contribution >= 4 is 22.6 Å². The number of hydrogen-bond donors (Lipinski definition) is 0. The third-order valence-electron chi connectivity index (χ3n) is 3.46. The van der Waals surface area contributed by atoms with Gasteiger partial charge in [0.1, 0.15) is 5.69 Å². The van der Waals surface area contributed by atoms with Gasteiger partial charge in [-0.2, -0.15) is 0 Å². The molecular formula is C17H10ClN3O. The fourth-order valence-electron chi connectivity index (χ4n) is 2.44. The SMILES string of the molecule is Clc1ccncc1-c1cccc2c(-c3ccccn3)noc12. The van der Waals surface area contributed by atoms with Gasteiger partial charge in [-0.05, 0) is 24.3 Å². The van der Waals surface area contributed by atoms with Gasteiger partial charge in [-0.15, -0.1) is 0 Å². The van der Waals surface area contributed by atoms with Gasteiger partial charge >= 0.3 is 0 Å². The zero-order valence-corrected chi connectivity index (χ0v) is 12.2. The van der Waals surface area contributed by atoms with Crippen LogP contribution in [-0.2, 0) is 0 Å².